The number of para-hydroxylation sites is 1. The zero-order valence-corrected chi connectivity index (χ0v) is 13.4. The maximum atomic E-state index is 9.99. The van der Waals surface area contributed by atoms with Gasteiger partial charge in [0.25, 0.3) is 0 Å². The van der Waals surface area contributed by atoms with E-state index in [1.165, 1.54) is 0 Å². The maximum Gasteiger partial charge on any atom is 0.185 e. The van der Waals surface area contributed by atoms with Crippen molar-refractivity contribution in [1.82, 2.24) is 10.3 Å². The third-order valence-electron chi connectivity index (χ3n) is 3.44. The summed E-state index contributed by atoms with van der Waals surface area (Å²) in [5.74, 6) is 0.903. The molecule has 1 heterocycles. The van der Waals surface area contributed by atoms with Crippen LogP contribution in [0, 0.1) is 6.92 Å². The summed E-state index contributed by atoms with van der Waals surface area (Å²) in [6, 6.07) is 7.95. The van der Waals surface area contributed by atoms with Crippen molar-refractivity contribution < 1.29 is 9.84 Å². The van der Waals surface area contributed by atoms with E-state index < -0.39 is 6.10 Å². The lowest BCUT2D eigenvalue weighted by atomic mass is 10.2. The summed E-state index contributed by atoms with van der Waals surface area (Å²) in [7, 11) is 0. The van der Waals surface area contributed by atoms with Crippen molar-refractivity contribution in [2.24, 2.45) is 16.5 Å². The Bertz CT molecular complexity index is 649. The number of fused-ring (bicyclic) bond motifs is 1. The summed E-state index contributed by atoms with van der Waals surface area (Å²) in [6.45, 7) is 3.98. The van der Waals surface area contributed by atoms with Gasteiger partial charge in [0, 0.05) is 24.0 Å². The molecular formula is C16H25N5O2. The monoisotopic (exact) mass is 319 g/mol. The minimum atomic E-state index is -0.578. The van der Waals surface area contributed by atoms with Crippen LogP contribution in [-0.2, 0) is 0 Å². The van der Waals surface area contributed by atoms with E-state index in [1.807, 2.05) is 31.2 Å². The van der Waals surface area contributed by atoms with Gasteiger partial charge in [-0.3, -0.25) is 4.99 Å². The highest BCUT2D eigenvalue weighted by atomic mass is 16.5. The van der Waals surface area contributed by atoms with Gasteiger partial charge in [0.2, 0.25) is 0 Å². The number of nitrogens with two attached hydrogens (primary N) is 2. The minimum Gasteiger partial charge on any atom is -0.488 e. The van der Waals surface area contributed by atoms with Gasteiger partial charge in [-0.2, -0.15) is 0 Å². The minimum absolute atomic E-state index is 0.104. The second-order valence-electron chi connectivity index (χ2n) is 5.45. The number of aliphatic hydroxyl groups is 1. The lowest BCUT2D eigenvalue weighted by Crippen LogP contribution is -2.32. The molecule has 1 aromatic carbocycles. The number of rotatable bonds is 9. The van der Waals surface area contributed by atoms with Crippen molar-refractivity contribution in [2.45, 2.75) is 19.4 Å². The number of aromatic amines is 1. The lowest BCUT2D eigenvalue weighted by molar-refractivity contribution is 0.107. The smallest absolute Gasteiger partial charge is 0.185 e. The first-order valence-electron chi connectivity index (χ1n) is 7.72. The Morgan fingerprint density at radius 1 is 1.39 bits per heavy atom. The Kier molecular flexibility index (Phi) is 6.25. The van der Waals surface area contributed by atoms with Crippen LogP contribution in [0.5, 0.6) is 5.75 Å². The number of benzene rings is 1. The SMILES string of the molecule is Cc1[nH]c2ccccc2c1OCC(O)CNCCCN=C(N)N. The molecule has 0 saturated carbocycles. The van der Waals surface area contributed by atoms with Crippen molar-refractivity contribution in [2.75, 3.05) is 26.2 Å². The Hall–Kier alpha value is -2.25. The van der Waals surface area contributed by atoms with Crippen LogP contribution in [0.4, 0.5) is 0 Å². The van der Waals surface area contributed by atoms with Crippen LogP contribution in [0.1, 0.15) is 12.1 Å². The van der Waals surface area contributed by atoms with Gasteiger partial charge in [0.05, 0.1) is 5.69 Å². The quantitative estimate of drug-likeness (QED) is 0.261. The van der Waals surface area contributed by atoms with E-state index in [9.17, 15) is 5.11 Å². The highest BCUT2D eigenvalue weighted by molar-refractivity contribution is 5.87. The molecule has 0 bridgehead atoms. The van der Waals surface area contributed by atoms with Crippen LogP contribution < -0.4 is 21.5 Å². The average molecular weight is 319 g/mol. The average Bonchev–Trinajstić information content (AvgIpc) is 2.83. The largest absolute Gasteiger partial charge is 0.488 e. The van der Waals surface area contributed by atoms with Crippen LogP contribution in [0.3, 0.4) is 0 Å². The van der Waals surface area contributed by atoms with E-state index >= 15 is 0 Å². The predicted molar refractivity (Wildman–Crippen MR) is 92.7 cm³/mol. The molecule has 1 unspecified atom stereocenters. The molecule has 1 aromatic heterocycles. The molecule has 1 atom stereocenters. The Labute approximate surface area is 135 Å². The van der Waals surface area contributed by atoms with Gasteiger partial charge in [-0.25, -0.2) is 0 Å². The summed E-state index contributed by atoms with van der Waals surface area (Å²) in [4.78, 5) is 7.16. The van der Waals surface area contributed by atoms with Crippen LogP contribution >= 0.6 is 0 Å². The van der Waals surface area contributed by atoms with Gasteiger partial charge >= 0.3 is 0 Å². The van der Waals surface area contributed by atoms with Crippen molar-refractivity contribution in [3.63, 3.8) is 0 Å². The van der Waals surface area contributed by atoms with Gasteiger partial charge in [-0.05, 0) is 32.0 Å². The van der Waals surface area contributed by atoms with Crippen molar-refractivity contribution in [3.05, 3.63) is 30.0 Å². The molecule has 0 aliphatic carbocycles. The van der Waals surface area contributed by atoms with Crippen LogP contribution in [-0.4, -0.2) is 48.4 Å². The van der Waals surface area contributed by atoms with E-state index in [2.05, 4.69) is 15.3 Å². The van der Waals surface area contributed by atoms with Gasteiger partial charge in [0.15, 0.2) is 5.96 Å². The van der Waals surface area contributed by atoms with Gasteiger partial charge in [-0.15, -0.1) is 0 Å². The number of guanidine groups is 1. The van der Waals surface area contributed by atoms with Crippen molar-refractivity contribution in [1.29, 1.82) is 0 Å². The number of nitrogens with one attached hydrogen (secondary N) is 2. The third kappa shape index (κ3) is 5.15. The first-order chi connectivity index (χ1) is 11.1. The maximum absolute atomic E-state index is 9.99. The molecule has 0 fully saturated rings. The third-order valence-corrected chi connectivity index (χ3v) is 3.44. The number of aliphatic hydroxyl groups excluding tert-OH is 1. The highest BCUT2D eigenvalue weighted by Gasteiger charge is 2.11. The van der Waals surface area contributed by atoms with Crippen LogP contribution in [0.2, 0.25) is 0 Å². The van der Waals surface area contributed by atoms with Gasteiger partial charge < -0.3 is 31.6 Å². The Morgan fingerprint density at radius 3 is 2.96 bits per heavy atom. The Balaban J connectivity index is 1.72. The molecule has 0 amide bonds. The van der Waals surface area contributed by atoms with Crippen molar-refractivity contribution in [3.8, 4) is 5.75 Å². The first-order valence-corrected chi connectivity index (χ1v) is 7.72. The predicted octanol–water partition coefficient (Wildman–Crippen LogP) is 0.469. The second-order valence-corrected chi connectivity index (χ2v) is 5.45. The number of aliphatic imine (C=N–C) groups is 1. The molecule has 7 nitrogen and oxygen atoms in total. The standard InChI is InChI=1S/C16H25N5O2/c1-11-15(13-5-2-3-6-14(13)21-11)23-10-12(22)9-19-7-4-8-20-16(17)18/h2-3,5-6,12,19,21-22H,4,7-10H2,1H3,(H4,17,18,20). The topological polar surface area (TPSA) is 122 Å². The number of hydrogen-bond donors (Lipinski definition) is 5. The molecule has 0 saturated heterocycles. The fraction of sp³-hybridized carbons (Fsp3) is 0.438. The molecule has 0 spiro atoms. The van der Waals surface area contributed by atoms with E-state index in [0.717, 1.165) is 35.3 Å². The molecule has 2 aromatic rings. The zero-order valence-electron chi connectivity index (χ0n) is 13.4. The number of aryl methyl sites for hydroxylation is 1. The first kappa shape index (κ1) is 17.1. The summed E-state index contributed by atoms with van der Waals surface area (Å²) < 4.78 is 5.79. The van der Waals surface area contributed by atoms with E-state index in [-0.39, 0.29) is 12.6 Å². The molecular weight excluding hydrogens is 294 g/mol. The van der Waals surface area contributed by atoms with Crippen molar-refractivity contribution >= 4 is 16.9 Å². The number of nitrogens with zero attached hydrogens (tertiary/aromatic N) is 1. The van der Waals surface area contributed by atoms with E-state index in [4.69, 9.17) is 16.2 Å². The number of H-pyrrole nitrogens is 1. The van der Waals surface area contributed by atoms with Crippen LogP contribution in [0.25, 0.3) is 10.9 Å². The lowest BCUT2D eigenvalue weighted by Gasteiger charge is -2.13. The number of hydrogen-bond acceptors (Lipinski definition) is 4. The van der Waals surface area contributed by atoms with Gasteiger partial charge in [0.1, 0.15) is 18.5 Å². The molecule has 0 radical (unpaired) electrons. The van der Waals surface area contributed by atoms with E-state index in [0.29, 0.717) is 13.1 Å². The van der Waals surface area contributed by atoms with Crippen LogP contribution in [0.15, 0.2) is 29.3 Å². The zero-order chi connectivity index (χ0) is 16.7. The molecule has 0 aliphatic rings. The number of ether oxygens (including phenoxy) is 1. The summed E-state index contributed by atoms with van der Waals surface area (Å²) in [6.07, 6.45) is 0.235. The molecule has 7 heteroatoms. The highest BCUT2D eigenvalue weighted by Crippen LogP contribution is 2.29. The Morgan fingerprint density at radius 2 is 2.17 bits per heavy atom. The normalized spacial score (nSPS) is 12.3. The van der Waals surface area contributed by atoms with E-state index in [1.54, 1.807) is 0 Å². The van der Waals surface area contributed by atoms with Gasteiger partial charge in [-0.1, -0.05) is 12.1 Å². The molecule has 7 N–H and O–H groups in total. The number of aromatic nitrogens is 1. The summed E-state index contributed by atoms with van der Waals surface area (Å²) in [5.41, 5.74) is 12.5. The fourth-order valence-electron chi connectivity index (χ4n) is 2.36. The molecule has 23 heavy (non-hydrogen) atoms. The summed E-state index contributed by atoms with van der Waals surface area (Å²) >= 11 is 0. The summed E-state index contributed by atoms with van der Waals surface area (Å²) in [5, 5.41) is 14.2. The molecule has 126 valence electrons. The fourth-order valence-corrected chi connectivity index (χ4v) is 2.36. The molecule has 2 rings (SSSR count). The molecule has 0 aliphatic heterocycles. The second kappa shape index (κ2) is 8.40.